The maximum Gasteiger partial charge on any atom is 0.227 e. The number of aromatic nitrogens is 2. The first-order valence-electron chi connectivity index (χ1n) is 9.86. The van der Waals surface area contributed by atoms with Crippen LogP contribution in [0.3, 0.4) is 0 Å². The molecule has 1 amide bonds. The van der Waals surface area contributed by atoms with Crippen LogP contribution in [0, 0.1) is 5.92 Å². The zero-order chi connectivity index (χ0) is 19.8. The number of fused-ring (bicyclic) bond motifs is 3. The largest absolute Gasteiger partial charge is 0.355 e. The van der Waals surface area contributed by atoms with Crippen molar-refractivity contribution in [3.8, 4) is 0 Å². The highest BCUT2D eigenvalue weighted by Crippen LogP contribution is 2.29. The Morgan fingerprint density at radius 3 is 2.48 bits per heavy atom. The quantitative estimate of drug-likeness (QED) is 0.523. The van der Waals surface area contributed by atoms with Crippen molar-refractivity contribution in [3.63, 3.8) is 0 Å². The molecule has 5 nitrogen and oxygen atoms in total. The van der Waals surface area contributed by atoms with E-state index in [0.29, 0.717) is 5.02 Å². The van der Waals surface area contributed by atoms with E-state index in [1.54, 1.807) is 12.1 Å². The van der Waals surface area contributed by atoms with Crippen LogP contribution in [-0.4, -0.2) is 28.4 Å². The van der Waals surface area contributed by atoms with Crippen LogP contribution in [0.1, 0.15) is 12.8 Å². The van der Waals surface area contributed by atoms with E-state index in [0.717, 1.165) is 54.0 Å². The van der Waals surface area contributed by atoms with Gasteiger partial charge in [0.1, 0.15) is 0 Å². The van der Waals surface area contributed by atoms with Crippen molar-refractivity contribution in [2.75, 3.05) is 23.3 Å². The molecule has 0 unspecified atom stereocenters. The number of carbonyl (C=O) groups excluding carboxylic acids is 1. The average Bonchev–Trinajstić information content (AvgIpc) is 3.25. The van der Waals surface area contributed by atoms with Gasteiger partial charge in [-0.3, -0.25) is 4.79 Å². The normalized spacial score (nSPS) is 15.1. The molecule has 146 valence electrons. The SMILES string of the molecule is O=C(Nc1ccc(Cl)cc1)C1CCN(c2nc3ccccc3n3cccc23)CC1. The minimum atomic E-state index is 0.00481. The number of nitrogens with zero attached hydrogens (tertiary/aromatic N) is 3. The van der Waals surface area contributed by atoms with Crippen LogP contribution in [0.4, 0.5) is 11.5 Å². The summed E-state index contributed by atoms with van der Waals surface area (Å²) in [6, 6.07) is 19.6. The number of nitrogens with one attached hydrogen (secondary N) is 1. The Morgan fingerprint density at radius 1 is 0.966 bits per heavy atom. The van der Waals surface area contributed by atoms with Gasteiger partial charge >= 0.3 is 0 Å². The van der Waals surface area contributed by atoms with E-state index in [4.69, 9.17) is 16.6 Å². The molecular weight excluding hydrogens is 384 g/mol. The van der Waals surface area contributed by atoms with Crippen molar-refractivity contribution in [2.24, 2.45) is 5.92 Å². The lowest BCUT2D eigenvalue weighted by Gasteiger charge is -2.32. The highest BCUT2D eigenvalue weighted by atomic mass is 35.5. The van der Waals surface area contributed by atoms with Crippen LogP contribution in [0.15, 0.2) is 66.9 Å². The first-order chi connectivity index (χ1) is 14.2. The molecule has 3 heterocycles. The highest BCUT2D eigenvalue weighted by molar-refractivity contribution is 6.30. The first-order valence-corrected chi connectivity index (χ1v) is 10.2. The molecule has 2 aromatic heterocycles. The van der Waals surface area contributed by atoms with Crippen LogP contribution >= 0.6 is 11.6 Å². The summed E-state index contributed by atoms with van der Waals surface area (Å²) in [4.78, 5) is 19.9. The van der Waals surface area contributed by atoms with Gasteiger partial charge in [-0.15, -0.1) is 0 Å². The highest BCUT2D eigenvalue weighted by Gasteiger charge is 2.27. The maximum atomic E-state index is 12.7. The molecule has 1 aliphatic rings. The van der Waals surface area contributed by atoms with E-state index in [1.807, 2.05) is 30.3 Å². The third kappa shape index (κ3) is 3.42. The Bertz CT molecular complexity index is 1180. The van der Waals surface area contributed by atoms with Crippen molar-refractivity contribution in [2.45, 2.75) is 12.8 Å². The number of carbonyl (C=O) groups is 1. The van der Waals surface area contributed by atoms with E-state index in [-0.39, 0.29) is 11.8 Å². The number of halogens is 1. The second kappa shape index (κ2) is 7.41. The van der Waals surface area contributed by atoms with Crippen molar-refractivity contribution >= 4 is 45.6 Å². The molecule has 0 aliphatic carbocycles. The minimum Gasteiger partial charge on any atom is -0.355 e. The van der Waals surface area contributed by atoms with Crippen LogP contribution in [0.2, 0.25) is 5.02 Å². The van der Waals surface area contributed by atoms with Gasteiger partial charge in [-0.1, -0.05) is 23.7 Å². The zero-order valence-corrected chi connectivity index (χ0v) is 16.6. The summed E-state index contributed by atoms with van der Waals surface area (Å²) in [6.07, 6.45) is 3.69. The molecule has 0 radical (unpaired) electrons. The Balaban J connectivity index is 1.33. The third-order valence-corrected chi connectivity index (χ3v) is 5.87. The summed E-state index contributed by atoms with van der Waals surface area (Å²) in [5, 5.41) is 3.67. The Labute approximate surface area is 173 Å². The van der Waals surface area contributed by atoms with E-state index >= 15 is 0 Å². The van der Waals surface area contributed by atoms with Gasteiger partial charge in [0.2, 0.25) is 5.91 Å². The van der Waals surface area contributed by atoms with Gasteiger partial charge in [0.25, 0.3) is 0 Å². The van der Waals surface area contributed by atoms with Crippen molar-refractivity contribution < 1.29 is 4.79 Å². The van der Waals surface area contributed by atoms with E-state index in [9.17, 15) is 4.79 Å². The number of para-hydroxylation sites is 2. The third-order valence-electron chi connectivity index (χ3n) is 5.62. The number of hydrogen-bond acceptors (Lipinski definition) is 3. The van der Waals surface area contributed by atoms with Crippen LogP contribution in [0.25, 0.3) is 16.6 Å². The van der Waals surface area contributed by atoms with E-state index in [1.165, 1.54) is 0 Å². The monoisotopic (exact) mass is 404 g/mol. The van der Waals surface area contributed by atoms with Gasteiger partial charge < -0.3 is 14.6 Å². The second-order valence-electron chi connectivity index (χ2n) is 7.45. The van der Waals surface area contributed by atoms with E-state index < -0.39 is 0 Å². The van der Waals surface area contributed by atoms with Crippen molar-refractivity contribution in [1.29, 1.82) is 0 Å². The summed E-state index contributed by atoms with van der Waals surface area (Å²) in [7, 11) is 0. The first kappa shape index (κ1) is 18.0. The van der Waals surface area contributed by atoms with Crippen molar-refractivity contribution in [3.05, 3.63) is 71.9 Å². The molecule has 1 aliphatic heterocycles. The number of anilines is 2. The standard InChI is InChI=1S/C23H21ClN4O/c24-17-7-9-18(10-8-17)25-23(29)16-11-14-27(15-12-16)22-21-6-3-13-28(21)20-5-2-1-4-19(20)26-22/h1-10,13,16H,11-12,14-15H2,(H,25,29). The van der Waals surface area contributed by atoms with Crippen molar-refractivity contribution in [1.82, 2.24) is 9.38 Å². The molecule has 0 bridgehead atoms. The Kier molecular flexibility index (Phi) is 4.60. The molecule has 4 aromatic rings. The molecule has 0 spiro atoms. The Morgan fingerprint density at radius 2 is 1.69 bits per heavy atom. The molecule has 0 atom stereocenters. The smallest absolute Gasteiger partial charge is 0.227 e. The maximum absolute atomic E-state index is 12.7. The van der Waals surface area contributed by atoms with Gasteiger partial charge in [-0.25, -0.2) is 4.98 Å². The summed E-state index contributed by atoms with van der Waals surface area (Å²) >= 11 is 5.91. The molecule has 0 saturated carbocycles. The Hall–Kier alpha value is -3.05. The fourth-order valence-electron chi connectivity index (χ4n) is 4.07. The average molecular weight is 405 g/mol. The van der Waals surface area contributed by atoms with Crippen LogP contribution in [-0.2, 0) is 4.79 Å². The minimum absolute atomic E-state index is 0.00481. The molecule has 1 N–H and O–H groups in total. The predicted molar refractivity (Wildman–Crippen MR) is 118 cm³/mol. The number of hydrogen-bond donors (Lipinski definition) is 1. The van der Waals surface area contributed by atoms with Gasteiger partial charge in [-0.05, 0) is 61.4 Å². The molecular formula is C23H21ClN4O. The number of piperidine rings is 1. The molecule has 1 saturated heterocycles. The summed E-state index contributed by atoms with van der Waals surface area (Å²) < 4.78 is 2.19. The fraction of sp³-hybridized carbons (Fsp3) is 0.217. The lowest BCUT2D eigenvalue weighted by molar-refractivity contribution is -0.120. The molecule has 2 aromatic carbocycles. The van der Waals surface area contributed by atoms with Gasteiger partial charge in [-0.2, -0.15) is 0 Å². The number of benzene rings is 2. The van der Waals surface area contributed by atoms with Gasteiger partial charge in [0.15, 0.2) is 5.82 Å². The van der Waals surface area contributed by atoms with Gasteiger partial charge in [0, 0.05) is 35.9 Å². The number of rotatable bonds is 3. The second-order valence-corrected chi connectivity index (χ2v) is 7.88. The molecule has 1 fully saturated rings. The van der Waals surface area contributed by atoms with E-state index in [2.05, 4.69) is 39.0 Å². The zero-order valence-electron chi connectivity index (χ0n) is 15.9. The molecule has 6 heteroatoms. The lowest BCUT2D eigenvalue weighted by atomic mass is 9.95. The topological polar surface area (TPSA) is 49.6 Å². The predicted octanol–water partition coefficient (Wildman–Crippen LogP) is 5.00. The number of amides is 1. The lowest BCUT2D eigenvalue weighted by Crippen LogP contribution is -2.38. The van der Waals surface area contributed by atoms with Crippen LogP contribution < -0.4 is 10.2 Å². The molecule has 29 heavy (non-hydrogen) atoms. The molecule has 5 rings (SSSR count). The van der Waals surface area contributed by atoms with Crippen LogP contribution in [0.5, 0.6) is 0 Å². The summed E-state index contributed by atoms with van der Waals surface area (Å²) in [5.41, 5.74) is 3.97. The van der Waals surface area contributed by atoms with Gasteiger partial charge in [0.05, 0.1) is 16.6 Å². The fourth-order valence-corrected chi connectivity index (χ4v) is 4.20. The summed E-state index contributed by atoms with van der Waals surface area (Å²) in [6.45, 7) is 1.62. The summed E-state index contributed by atoms with van der Waals surface area (Å²) in [5.74, 6) is 1.07.